The number of rotatable bonds is 5. The maximum atomic E-state index is 6.72. The first-order chi connectivity index (χ1) is 12.8. The molecule has 0 heterocycles. The maximum absolute atomic E-state index is 6.72. The van der Waals surface area contributed by atoms with Crippen LogP contribution in [0, 0.1) is 0 Å². The summed E-state index contributed by atoms with van der Waals surface area (Å²) in [6.07, 6.45) is 0.0235. The average Bonchev–Trinajstić information content (AvgIpc) is 2.72. The average molecular weight is 354 g/mol. The van der Waals surface area contributed by atoms with Crippen LogP contribution in [0.3, 0.4) is 0 Å². The van der Waals surface area contributed by atoms with E-state index < -0.39 is 9.04 Å². The molecule has 4 aromatic rings. The summed E-state index contributed by atoms with van der Waals surface area (Å²) in [6.45, 7) is 2.16. The largest absolute Gasteiger partial charge is 0.400 e. The summed E-state index contributed by atoms with van der Waals surface area (Å²) in [4.78, 5) is 0. The highest BCUT2D eigenvalue weighted by molar-refractivity contribution is 6.80. The zero-order valence-corrected chi connectivity index (χ0v) is 15.8. The number of fused-ring (bicyclic) bond motifs is 1. The Labute approximate surface area is 156 Å². The monoisotopic (exact) mass is 353 g/mol. The highest BCUT2D eigenvalue weighted by Gasteiger charge is 2.23. The lowest BCUT2D eigenvalue weighted by atomic mass is 10.0. The lowest BCUT2D eigenvalue weighted by molar-refractivity contribution is 0.238. The molecule has 127 valence electrons. The summed E-state index contributed by atoms with van der Waals surface area (Å²) in [5, 5.41) is 5.07. The molecule has 4 aromatic carbocycles. The SMILES string of the molecule is C[C@H](O[Si](c1ccccc1)c1ccccc1)c1cccc2ccccc12. The van der Waals surface area contributed by atoms with Crippen LogP contribution < -0.4 is 10.4 Å². The van der Waals surface area contributed by atoms with Gasteiger partial charge in [-0.3, -0.25) is 0 Å². The second-order valence-corrected chi connectivity index (χ2v) is 8.44. The Hall–Kier alpha value is -2.68. The molecule has 4 rings (SSSR count). The maximum Gasteiger partial charge on any atom is 0.283 e. The van der Waals surface area contributed by atoms with Crippen molar-refractivity contribution in [3.63, 3.8) is 0 Å². The fourth-order valence-corrected chi connectivity index (χ4v) is 5.40. The van der Waals surface area contributed by atoms with E-state index in [1.807, 2.05) is 0 Å². The minimum atomic E-state index is -1.31. The topological polar surface area (TPSA) is 9.23 Å². The summed E-state index contributed by atoms with van der Waals surface area (Å²) >= 11 is 0. The number of hydrogen-bond acceptors (Lipinski definition) is 1. The van der Waals surface area contributed by atoms with E-state index in [0.29, 0.717) is 0 Å². The van der Waals surface area contributed by atoms with E-state index >= 15 is 0 Å². The van der Waals surface area contributed by atoms with Crippen molar-refractivity contribution < 1.29 is 4.43 Å². The van der Waals surface area contributed by atoms with Crippen molar-refractivity contribution in [2.75, 3.05) is 0 Å². The van der Waals surface area contributed by atoms with Crippen molar-refractivity contribution in [2.45, 2.75) is 13.0 Å². The molecule has 0 aliphatic heterocycles. The van der Waals surface area contributed by atoms with Gasteiger partial charge < -0.3 is 4.43 Å². The fraction of sp³-hybridized carbons (Fsp3) is 0.0833. The van der Waals surface area contributed by atoms with E-state index in [4.69, 9.17) is 4.43 Å². The quantitative estimate of drug-likeness (QED) is 0.472. The van der Waals surface area contributed by atoms with Gasteiger partial charge in [0.1, 0.15) is 0 Å². The van der Waals surface area contributed by atoms with Crippen molar-refractivity contribution in [1.29, 1.82) is 0 Å². The second-order valence-electron chi connectivity index (χ2n) is 6.39. The van der Waals surface area contributed by atoms with Crippen molar-refractivity contribution in [3.8, 4) is 0 Å². The first kappa shape index (κ1) is 16.8. The van der Waals surface area contributed by atoms with Gasteiger partial charge in [-0.2, -0.15) is 0 Å². The smallest absolute Gasteiger partial charge is 0.283 e. The minimum Gasteiger partial charge on any atom is -0.400 e. The Morgan fingerprint density at radius 3 is 1.81 bits per heavy atom. The van der Waals surface area contributed by atoms with E-state index in [1.54, 1.807) is 0 Å². The van der Waals surface area contributed by atoms with Crippen molar-refractivity contribution in [1.82, 2.24) is 0 Å². The molecular weight excluding hydrogens is 332 g/mol. The molecular formula is C24H21OSi. The standard InChI is InChI=1S/C24H21OSi/c1-19(23-18-10-12-20-11-8-9-17-24(20)23)25-26(21-13-4-2-5-14-21)22-15-6-3-7-16-22/h2-19H,1H3/t19-/m0/s1. The highest BCUT2D eigenvalue weighted by Crippen LogP contribution is 2.26. The summed E-state index contributed by atoms with van der Waals surface area (Å²) in [7, 11) is -1.31. The van der Waals surface area contributed by atoms with Gasteiger partial charge in [-0.05, 0) is 33.6 Å². The molecule has 26 heavy (non-hydrogen) atoms. The van der Waals surface area contributed by atoms with E-state index in [-0.39, 0.29) is 6.10 Å². The van der Waals surface area contributed by atoms with Crippen molar-refractivity contribution in [3.05, 3.63) is 109 Å². The van der Waals surface area contributed by atoms with Crippen LogP contribution in [-0.2, 0) is 4.43 Å². The van der Waals surface area contributed by atoms with Gasteiger partial charge in [0.25, 0.3) is 9.04 Å². The molecule has 0 aliphatic carbocycles. The van der Waals surface area contributed by atoms with Crippen LogP contribution in [0.1, 0.15) is 18.6 Å². The van der Waals surface area contributed by atoms with Crippen LogP contribution in [0.15, 0.2) is 103 Å². The molecule has 1 radical (unpaired) electrons. The zero-order chi connectivity index (χ0) is 17.8. The van der Waals surface area contributed by atoms with Gasteiger partial charge in [-0.25, -0.2) is 0 Å². The minimum absolute atomic E-state index is 0.0235. The Bertz CT molecular complexity index is 938. The van der Waals surface area contributed by atoms with E-state index in [9.17, 15) is 0 Å². The van der Waals surface area contributed by atoms with Crippen LogP contribution in [0.25, 0.3) is 10.8 Å². The molecule has 0 saturated carbocycles. The van der Waals surface area contributed by atoms with Gasteiger partial charge in [0.2, 0.25) is 0 Å². The Balaban J connectivity index is 1.71. The summed E-state index contributed by atoms with van der Waals surface area (Å²) in [6, 6.07) is 36.2. The Morgan fingerprint density at radius 1 is 0.615 bits per heavy atom. The molecule has 1 atom stereocenters. The van der Waals surface area contributed by atoms with Crippen LogP contribution in [0.5, 0.6) is 0 Å². The Morgan fingerprint density at radius 2 is 1.15 bits per heavy atom. The normalized spacial score (nSPS) is 12.4. The summed E-state index contributed by atoms with van der Waals surface area (Å²) < 4.78 is 6.72. The lowest BCUT2D eigenvalue weighted by Gasteiger charge is -2.23. The lowest BCUT2D eigenvalue weighted by Crippen LogP contribution is -2.45. The number of hydrogen-bond donors (Lipinski definition) is 0. The third-order valence-electron chi connectivity index (χ3n) is 4.63. The molecule has 0 bridgehead atoms. The molecule has 1 nitrogen and oxygen atoms in total. The molecule has 0 unspecified atom stereocenters. The van der Waals surface area contributed by atoms with Gasteiger partial charge in [0.15, 0.2) is 0 Å². The molecule has 2 heteroatoms. The predicted molar refractivity (Wildman–Crippen MR) is 111 cm³/mol. The molecule has 0 aliphatic rings. The molecule has 0 N–H and O–H groups in total. The van der Waals surface area contributed by atoms with Crippen LogP contribution in [0.2, 0.25) is 0 Å². The van der Waals surface area contributed by atoms with E-state index in [2.05, 4.69) is 110 Å². The second kappa shape index (κ2) is 7.69. The van der Waals surface area contributed by atoms with Gasteiger partial charge in [-0.1, -0.05) is 103 Å². The third kappa shape index (κ3) is 3.48. The van der Waals surface area contributed by atoms with Gasteiger partial charge >= 0.3 is 0 Å². The predicted octanol–water partition coefficient (Wildman–Crippen LogP) is 4.72. The first-order valence-electron chi connectivity index (χ1n) is 8.95. The molecule has 0 saturated heterocycles. The van der Waals surface area contributed by atoms with Crippen molar-refractivity contribution in [2.24, 2.45) is 0 Å². The molecule has 0 spiro atoms. The highest BCUT2D eigenvalue weighted by atomic mass is 28.3. The Kier molecular flexibility index (Phi) is 4.96. The number of benzene rings is 4. The molecule has 0 fully saturated rings. The third-order valence-corrected chi connectivity index (χ3v) is 6.93. The van der Waals surface area contributed by atoms with Crippen molar-refractivity contribution >= 4 is 30.2 Å². The summed E-state index contributed by atoms with van der Waals surface area (Å²) in [5.41, 5.74) is 1.25. The van der Waals surface area contributed by atoms with Gasteiger partial charge in [0, 0.05) is 0 Å². The van der Waals surface area contributed by atoms with E-state index in [0.717, 1.165) is 0 Å². The summed E-state index contributed by atoms with van der Waals surface area (Å²) in [5.74, 6) is 0. The zero-order valence-electron chi connectivity index (χ0n) is 14.8. The van der Waals surface area contributed by atoms with Crippen LogP contribution in [-0.4, -0.2) is 9.04 Å². The molecule has 0 amide bonds. The fourth-order valence-electron chi connectivity index (χ4n) is 3.33. The molecule has 0 aromatic heterocycles. The van der Waals surface area contributed by atoms with Gasteiger partial charge in [-0.15, -0.1) is 0 Å². The van der Waals surface area contributed by atoms with Crippen LogP contribution >= 0.6 is 0 Å². The van der Waals surface area contributed by atoms with Gasteiger partial charge in [0.05, 0.1) is 6.10 Å². The first-order valence-corrected chi connectivity index (χ1v) is 10.4. The van der Waals surface area contributed by atoms with E-state index in [1.165, 1.54) is 26.7 Å². The van der Waals surface area contributed by atoms with Crippen LogP contribution in [0.4, 0.5) is 0 Å².